The fraction of sp³-hybridized carbons (Fsp3) is 0.333. The number of sulfonamides is 1. The van der Waals surface area contributed by atoms with Crippen LogP contribution in [0, 0.1) is 17.1 Å². The Morgan fingerprint density at radius 3 is 2.86 bits per heavy atom. The molecule has 3 rings (SSSR count). The molecule has 11 heteroatoms. The Balaban J connectivity index is 2.01. The summed E-state index contributed by atoms with van der Waals surface area (Å²) in [6, 6.07) is 4.47. The van der Waals surface area contributed by atoms with Crippen molar-refractivity contribution in [1.82, 2.24) is 9.29 Å². The van der Waals surface area contributed by atoms with Gasteiger partial charge in [0.25, 0.3) is 5.91 Å². The largest absolute Gasteiger partial charge is 0.395 e. The SMILES string of the molecule is CC(CO)NS(=O)(=O)c1c(Cl)c(C(=O)Nc2ccc(F)c(C#N)c2)n2c1CCC2. The van der Waals surface area contributed by atoms with Crippen LogP contribution in [-0.4, -0.2) is 36.6 Å². The van der Waals surface area contributed by atoms with Crippen LogP contribution in [0.25, 0.3) is 0 Å². The van der Waals surface area contributed by atoms with Crippen LogP contribution in [0.5, 0.6) is 0 Å². The highest BCUT2D eigenvalue weighted by Crippen LogP contribution is 2.36. The van der Waals surface area contributed by atoms with Gasteiger partial charge in [0, 0.05) is 24.0 Å². The van der Waals surface area contributed by atoms with Crippen LogP contribution in [-0.2, 0) is 23.0 Å². The Morgan fingerprint density at radius 1 is 1.48 bits per heavy atom. The van der Waals surface area contributed by atoms with Crippen molar-refractivity contribution in [1.29, 1.82) is 5.26 Å². The summed E-state index contributed by atoms with van der Waals surface area (Å²) < 4.78 is 42.9. The number of hydrogen-bond acceptors (Lipinski definition) is 5. The molecular weight excluding hydrogens is 423 g/mol. The number of aromatic nitrogens is 1. The maximum absolute atomic E-state index is 13.5. The molecule has 0 bridgehead atoms. The number of aliphatic hydroxyl groups excluding tert-OH is 1. The lowest BCUT2D eigenvalue weighted by atomic mass is 10.2. The molecule has 3 N–H and O–H groups in total. The van der Waals surface area contributed by atoms with Crippen LogP contribution in [0.4, 0.5) is 10.1 Å². The molecule has 154 valence electrons. The minimum absolute atomic E-state index is 0.0287. The second-order valence-corrected chi connectivity index (χ2v) is 8.69. The topological polar surface area (TPSA) is 124 Å². The summed E-state index contributed by atoms with van der Waals surface area (Å²) in [4.78, 5) is 12.7. The van der Waals surface area contributed by atoms with Gasteiger partial charge in [-0.1, -0.05) is 11.6 Å². The van der Waals surface area contributed by atoms with E-state index >= 15 is 0 Å². The number of halogens is 2. The molecule has 2 aromatic rings. The number of rotatable bonds is 6. The lowest BCUT2D eigenvalue weighted by molar-refractivity contribution is 0.101. The molecule has 29 heavy (non-hydrogen) atoms. The highest BCUT2D eigenvalue weighted by molar-refractivity contribution is 7.89. The summed E-state index contributed by atoms with van der Waals surface area (Å²) in [7, 11) is -4.06. The van der Waals surface area contributed by atoms with Gasteiger partial charge in [0.1, 0.15) is 22.5 Å². The molecular formula is C18H18ClFN4O4S. The average Bonchev–Trinajstić information content (AvgIpc) is 3.21. The molecule has 2 heterocycles. The summed E-state index contributed by atoms with van der Waals surface area (Å²) >= 11 is 6.33. The Bertz CT molecular complexity index is 1120. The minimum atomic E-state index is -4.06. The van der Waals surface area contributed by atoms with Gasteiger partial charge in [-0.3, -0.25) is 4.79 Å². The molecule has 0 saturated carbocycles. The van der Waals surface area contributed by atoms with Crippen molar-refractivity contribution in [3.63, 3.8) is 0 Å². The zero-order valence-corrected chi connectivity index (χ0v) is 16.9. The van der Waals surface area contributed by atoms with E-state index in [9.17, 15) is 17.6 Å². The van der Waals surface area contributed by atoms with E-state index in [-0.39, 0.29) is 26.9 Å². The zero-order valence-electron chi connectivity index (χ0n) is 15.4. The second-order valence-electron chi connectivity index (χ2n) is 6.66. The molecule has 0 fully saturated rings. The Kier molecular flexibility index (Phi) is 5.95. The number of amides is 1. The van der Waals surface area contributed by atoms with Crippen molar-refractivity contribution in [3.05, 3.63) is 46.0 Å². The number of nitrogens with zero attached hydrogens (tertiary/aromatic N) is 2. The molecule has 1 aromatic carbocycles. The van der Waals surface area contributed by atoms with Crippen LogP contribution >= 0.6 is 11.6 Å². The summed E-state index contributed by atoms with van der Waals surface area (Å²) in [5, 5.41) is 20.4. The molecule has 1 aliphatic rings. The first-order chi connectivity index (χ1) is 13.7. The van der Waals surface area contributed by atoms with Gasteiger partial charge in [0.05, 0.1) is 17.2 Å². The molecule has 1 aromatic heterocycles. The number of fused-ring (bicyclic) bond motifs is 1. The molecule has 1 amide bonds. The van der Waals surface area contributed by atoms with Crippen molar-refractivity contribution < 1.29 is 22.7 Å². The molecule has 0 aliphatic carbocycles. The molecule has 1 unspecified atom stereocenters. The third-order valence-corrected chi connectivity index (χ3v) is 6.69. The number of anilines is 1. The van der Waals surface area contributed by atoms with Crippen molar-refractivity contribution in [2.24, 2.45) is 0 Å². The number of nitrogens with one attached hydrogen (secondary N) is 2. The van der Waals surface area contributed by atoms with E-state index in [1.165, 1.54) is 19.1 Å². The third kappa shape index (κ3) is 4.00. The van der Waals surface area contributed by atoms with E-state index in [1.54, 1.807) is 10.6 Å². The van der Waals surface area contributed by atoms with E-state index in [4.69, 9.17) is 22.0 Å². The first-order valence-corrected chi connectivity index (χ1v) is 10.6. The van der Waals surface area contributed by atoms with Gasteiger partial charge in [0.15, 0.2) is 0 Å². The third-order valence-electron chi connectivity index (χ3n) is 4.52. The Labute approximate surface area is 171 Å². The van der Waals surface area contributed by atoms with E-state index in [0.717, 1.165) is 6.07 Å². The lowest BCUT2D eigenvalue weighted by Gasteiger charge is -2.12. The maximum Gasteiger partial charge on any atom is 0.273 e. The standard InChI is InChI=1S/C18H18ClFN4O4S/c1-10(9-25)23-29(27,28)17-14-3-2-6-24(14)16(15(17)19)18(26)22-12-4-5-13(20)11(7-12)8-21/h4-5,7,10,23,25H,2-3,6,9H2,1H3,(H,22,26). The molecule has 1 aliphatic heterocycles. The van der Waals surface area contributed by atoms with Crippen molar-refractivity contribution in [3.8, 4) is 6.07 Å². The number of aliphatic hydroxyl groups is 1. The van der Waals surface area contributed by atoms with Gasteiger partial charge in [0.2, 0.25) is 10.0 Å². The number of benzene rings is 1. The van der Waals surface area contributed by atoms with Gasteiger partial charge in [-0.15, -0.1) is 0 Å². The van der Waals surface area contributed by atoms with Crippen molar-refractivity contribution >= 4 is 33.2 Å². The zero-order chi connectivity index (χ0) is 21.3. The van der Waals surface area contributed by atoms with Crippen LogP contribution in [0.15, 0.2) is 23.1 Å². The molecule has 0 radical (unpaired) electrons. The maximum atomic E-state index is 13.5. The first-order valence-electron chi connectivity index (χ1n) is 8.74. The normalized spacial score (nSPS) is 14.3. The quantitative estimate of drug-likeness (QED) is 0.633. The van der Waals surface area contributed by atoms with Crippen LogP contribution < -0.4 is 10.0 Å². The number of hydrogen-bond donors (Lipinski definition) is 3. The molecule has 8 nitrogen and oxygen atoms in total. The van der Waals surface area contributed by atoms with Crippen molar-refractivity contribution in [2.75, 3.05) is 11.9 Å². The predicted molar refractivity (Wildman–Crippen MR) is 104 cm³/mol. The summed E-state index contributed by atoms with van der Waals surface area (Å²) in [5.41, 5.74) is 0.322. The number of nitriles is 1. The highest BCUT2D eigenvalue weighted by Gasteiger charge is 2.35. The van der Waals surface area contributed by atoms with E-state index in [0.29, 0.717) is 25.1 Å². The average molecular weight is 441 g/mol. The predicted octanol–water partition coefficient (Wildman–Crippen LogP) is 2.01. The van der Waals surface area contributed by atoms with E-state index in [2.05, 4.69) is 10.0 Å². The van der Waals surface area contributed by atoms with Gasteiger partial charge < -0.3 is 15.0 Å². The molecule has 0 saturated heterocycles. The van der Waals surface area contributed by atoms with Gasteiger partial charge in [-0.25, -0.2) is 17.5 Å². The van der Waals surface area contributed by atoms with Crippen LogP contribution in [0.1, 0.15) is 35.1 Å². The van der Waals surface area contributed by atoms with Gasteiger partial charge >= 0.3 is 0 Å². The molecule has 0 spiro atoms. The summed E-state index contributed by atoms with van der Waals surface area (Å²) in [6.45, 7) is 1.51. The Hall–Kier alpha value is -2.45. The highest BCUT2D eigenvalue weighted by atomic mass is 35.5. The number of carbonyl (C=O) groups is 1. The summed E-state index contributed by atoms with van der Waals surface area (Å²) in [6.07, 6.45) is 1.06. The Morgan fingerprint density at radius 2 is 2.21 bits per heavy atom. The first kappa shape index (κ1) is 21.3. The van der Waals surface area contributed by atoms with E-state index < -0.39 is 34.4 Å². The van der Waals surface area contributed by atoms with Crippen LogP contribution in [0.2, 0.25) is 5.02 Å². The van der Waals surface area contributed by atoms with Crippen molar-refractivity contribution in [2.45, 2.75) is 37.2 Å². The monoisotopic (exact) mass is 440 g/mol. The van der Waals surface area contributed by atoms with Crippen LogP contribution in [0.3, 0.4) is 0 Å². The molecule has 1 atom stereocenters. The smallest absolute Gasteiger partial charge is 0.273 e. The van der Waals surface area contributed by atoms with E-state index in [1.807, 2.05) is 0 Å². The minimum Gasteiger partial charge on any atom is -0.395 e. The number of carbonyl (C=O) groups excluding carboxylic acids is 1. The second kappa shape index (κ2) is 8.12. The summed E-state index contributed by atoms with van der Waals surface area (Å²) in [5.74, 6) is -1.39. The fourth-order valence-electron chi connectivity index (χ4n) is 3.25. The lowest BCUT2D eigenvalue weighted by Crippen LogP contribution is -2.35. The fourth-order valence-corrected chi connectivity index (χ4v) is 5.42. The van der Waals surface area contributed by atoms with Gasteiger partial charge in [-0.2, -0.15) is 5.26 Å². The van der Waals surface area contributed by atoms with Gasteiger partial charge in [-0.05, 0) is 38.0 Å².